The molecule has 1 aliphatic heterocycles. The third-order valence-electron chi connectivity index (χ3n) is 5.43. The number of benzene rings is 2. The number of hydrogen-bond acceptors (Lipinski definition) is 5. The number of nitrogens with zero attached hydrogens (tertiary/aromatic N) is 4. The van der Waals surface area contributed by atoms with Gasteiger partial charge in [-0.15, -0.1) is 0 Å². The highest BCUT2D eigenvalue weighted by atomic mass is 35.5. The lowest BCUT2D eigenvalue weighted by Gasteiger charge is -2.38. The van der Waals surface area contributed by atoms with Crippen LogP contribution in [0.5, 0.6) is 0 Å². The minimum absolute atomic E-state index is 0.0601. The number of anilines is 2. The average Bonchev–Trinajstić information content (AvgIpc) is 2.76. The minimum Gasteiger partial charge on any atom is -0.396 e. The number of halogens is 2. The maximum atomic E-state index is 13.5. The van der Waals surface area contributed by atoms with Crippen LogP contribution in [0.4, 0.5) is 11.6 Å². The van der Waals surface area contributed by atoms with Gasteiger partial charge in [0.05, 0.1) is 29.7 Å². The Morgan fingerprint density at radius 1 is 1.10 bits per heavy atom. The summed E-state index contributed by atoms with van der Waals surface area (Å²) in [7, 11) is 0. The number of aliphatic hydroxyl groups excluding tert-OH is 1. The maximum absolute atomic E-state index is 13.5. The molecule has 0 bridgehead atoms. The number of fused-ring (bicyclic) bond motifs is 1. The number of aryl methyl sites for hydroxylation is 1. The van der Waals surface area contributed by atoms with Crippen molar-refractivity contribution >= 4 is 34.8 Å². The molecule has 2 aromatic carbocycles. The number of aromatic nitrogens is 2. The summed E-state index contributed by atoms with van der Waals surface area (Å²) in [5.74, 6) is 0.559. The summed E-state index contributed by atoms with van der Waals surface area (Å²) < 4.78 is 1.69. The van der Waals surface area contributed by atoms with Gasteiger partial charge >= 0.3 is 0 Å². The van der Waals surface area contributed by atoms with Crippen LogP contribution in [0, 0.1) is 6.92 Å². The Morgan fingerprint density at radius 2 is 1.87 bits per heavy atom. The lowest BCUT2D eigenvalue weighted by molar-refractivity contribution is 0.175. The van der Waals surface area contributed by atoms with E-state index in [4.69, 9.17) is 28.2 Å². The summed E-state index contributed by atoms with van der Waals surface area (Å²) in [6.45, 7) is 3.52. The molecule has 0 atom stereocenters. The third kappa shape index (κ3) is 4.62. The Kier molecular flexibility index (Phi) is 6.62. The topological polar surface area (TPSA) is 61.6 Å². The summed E-state index contributed by atoms with van der Waals surface area (Å²) in [6.07, 6.45) is 1.14. The van der Waals surface area contributed by atoms with Crippen molar-refractivity contribution < 1.29 is 5.11 Å². The second kappa shape index (κ2) is 9.40. The van der Waals surface area contributed by atoms with Crippen molar-refractivity contribution in [1.29, 1.82) is 0 Å². The zero-order valence-electron chi connectivity index (χ0n) is 17.3. The average molecular weight is 459 g/mol. The first-order valence-corrected chi connectivity index (χ1v) is 10.9. The largest absolute Gasteiger partial charge is 0.396 e. The Hall–Kier alpha value is -2.38. The van der Waals surface area contributed by atoms with E-state index in [-0.39, 0.29) is 12.2 Å². The van der Waals surface area contributed by atoms with E-state index in [1.54, 1.807) is 16.7 Å². The molecule has 0 unspecified atom stereocenters. The van der Waals surface area contributed by atoms with E-state index in [2.05, 4.69) is 4.90 Å². The van der Waals surface area contributed by atoms with Crippen LogP contribution in [-0.2, 0) is 13.1 Å². The highest BCUT2D eigenvalue weighted by molar-refractivity contribution is 6.36. The second-order valence-electron chi connectivity index (χ2n) is 7.65. The van der Waals surface area contributed by atoms with Gasteiger partial charge in [-0.3, -0.25) is 19.2 Å². The first kappa shape index (κ1) is 21.8. The van der Waals surface area contributed by atoms with Crippen LogP contribution in [0.3, 0.4) is 0 Å². The minimum atomic E-state index is -0.0601. The predicted octanol–water partition coefficient (Wildman–Crippen LogP) is 4.20. The van der Waals surface area contributed by atoms with Crippen LogP contribution in [0.25, 0.3) is 0 Å². The Labute approximate surface area is 191 Å². The fourth-order valence-electron chi connectivity index (χ4n) is 3.85. The first-order valence-electron chi connectivity index (χ1n) is 10.2. The fraction of sp³-hybridized carbons (Fsp3) is 0.304. The van der Waals surface area contributed by atoms with E-state index in [1.165, 1.54) is 0 Å². The zero-order valence-corrected chi connectivity index (χ0v) is 18.8. The van der Waals surface area contributed by atoms with E-state index >= 15 is 0 Å². The molecule has 4 rings (SSSR count). The molecule has 1 N–H and O–H groups in total. The van der Waals surface area contributed by atoms with Gasteiger partial charge in [-0.05, 0) is 37.1 Å². The highest BCUT2D eigenvalue weighted by Crippen LogP contribution is 2.35. The molecule has 31 heavy (non-hydrogen) atoms. The Bertz CT molecular complexity index is 1130. The van der Waals surface area contributed by atoms with Crippen LogP contribution in [0.1, 0.15) is 23.2 Å². The van der Waals surface area contributed by atoms with Gasteiger partial charge in [-0.25, -0.2) is 4.98 Å². The van der Waals surface area contributed by atoms with Gasteiger partial charge < -0.3 is 5.11 Å². The maximum Gasteiger partial charge on any atom is 0.259 e. The van der Waals surface area contributed by atoms with Crippen LogP contribution in [-0.4, -0.2) is 39.4 Å². The third-order valence-corrected chi connectivity index (χ3v) is 5.97. The molecule has 1 aliphatic rings. The molecular weight excluding hydrogens is 435 g/mol. The van der Waals surface area contributed by atoms with Crippen molar-refractivity contribution in [2.75, 3.05) is 24.7 Å². The van der Waals surface area contributed by atoms with E-state index in [9.17, 15) is 9.90 Å². The Balaban J connectivity index is 1.81. The number of aliphatic hydroxyl groups is 1. The van der Waals surface area contributed by atoms with Gasteiger partial charge in [0.2, 0.25) is 5.95 Å². The van der Waals surface area contributed by atoms with Gasteiger partial charge in [0.15, 0.2) is 0 Å². The highest BCUT2D eigenvalue weighted by Gasteiger charge is 2.28. The summed E-state index contributed by atoms with van der Waals surface area (Å²) in [6, 6.07) is 15.2. The molecule has 0 saturated heterocycles. The second-order valence-corrected chi connectivity index (χ2v) is 8.49. The SMILES string of the molecule is Cc1nc2n(c(=O)c1Cc1ccccc1)CN(CCCO)CN2c1ccc(Cl)cc1Cl. The summed E-state index contributed by atoms with van der Waals surface area (Å²) in [5, 5.41) is 10.3. The molecule has 8 heteroatoms. The van der Waals surface area contributed by atoms with E-state index in [0.29, 0.717) is 60.0 Å². The quantitative estimate of drug-likeness (QED) is 0.599. The van der Waals surface area contributed by atoms with Crippen molar-refractivity contribution in [3.8, 4) is 0 Å². The summed E-state index contributed by atoms with van der Waals surface area (Å²) in [5.41, 5.74) is 3.13. The van der Waals surface area contributed by atoms with Crippen LogP contribution in [0.2, 0.25) is 10.0 Å². The van der Waals surface area contributed by atoms with Crippen LogP contribution < -0.4 is 10.5 Å². The molecule has 0 aliphatic carbocycles. The molecule has 6 nitrogen and oxygen atoms in total. The molecule has 1 aromatic heterocycles. The first-order chi connectivity index (χ1) is 15.0. The van der Waals surface area contributed by atoms with Crippen LogP contribution >= 0.6 is 23.2 Å². The fourth-order valence-corrected chi connectivity index (χ4v) is 4.36. The number of hydrogen-bond donors (Lipinski definition) is 1. The van der Waals surface area contributed by atoms with Crippen molar-refractivity contribution in [3.05, 3.63) is 85.8 Å². The molecule has 2 heterocycles. The lowest BCUT2D eigenvalue weighted by Crippen LogP contribution is -2.48. The van der Waals surface area contributed by atoms with Gasteiger partial charge in [-0.2, -0.15) is 0 Å². The zero-order chi connectivity index (χ0) is 22.0. The molecule has 0 radical (unpaired) electrons. The van der Waals surface area contributed by atoms with E-state index < -0.39 is 0 Å². The van der Waals surface area contributed by atoms with Crippen molar-refractivity contribution in [2.24, 2.45) is 0 Å². The molecule has 3 aromatic rings. The van der Waals surface area contributed by atoms with Crippen molar-refractivity contribution in [3.63, 3.8) is 0 Å². The smallest absolute Gasteiger partial charge is 0.259 e. The van der Waals surface area contributed by atoms with Crippen molar-refractivity contribution in [1.82, 2.24) is 14.5 Å². The molecule has 0 amide bonds. The monoisotopic (exact) mass is 458 g/mol. The van der Waals surface area contributed by atoms with Gasteiger partial charge in [0.1, 0.15) is 0 Å². The lowest BCUT2D eigenvalue weighted by atomic mass is 10.1. The normalized spacial score (nSPS) is 14.0. The predicted molar refractivity (Wildman–Crippen MR) is 124 cm³/mol. The number of rotatable bonds is 6. The van der Waals surface area contributed by atoms with Gasteiger partial charge in [-0.1, -0.05) is 53.5 Å². The van der Waals surface area contributed by atoms with Gasteiger partial charge in [0.25, 0.3) is 5.56 Å². The van der Waals surface area contributed by atoms with Gasteiger partial charge in [0, 0.05) is 30.2 Å². The molecular formula is C23H24Cl2N4O2. The molecule has 162 valence electrons. The van der Waals surface area contributed by atoms with Crippen molar-refractivity contribution in [2.45, 2.75) is 26.4 Å². The molecule has 0 spiro atoms. The summed E-state index contributed by atoms with van der Waals surface area (Å²) in [4.78, 5) is 22.4. The Morgan fingerprint density at radius 3 is 2.58 bits per heavy atom. The van der Waals surface area contributed by atoms with E-state index in [1.807, 2.05) is 48.2 Å². The molecule has 0 saturated carbocycles. The standard InChI is InChI=1S/C23H24Cl2N4O2/c1-16-19(12-17-6-3-2-4-7-17)22(31)29-15-27(10-5-11-30)14-28(23(29)26-16)21-9-8-18(24)13-20(21)25/h2-4,6-9,13,30H,5,10-12,14-15H2,1H3. The molecule has 0 fully saturated rings. The summed E-state index contributed by atoms with van der Waals surface area (Å²) >= 11 is 12.6. The van der Waals surface area contributed by atoms with E-state index in [0.717, 1.165) is 11.3 Å². The van der Waals surface area contributed by atoms with Crippen LogP contribution in [0.15, 0.2) is 53.3 Å².